The van der Waals surface area contributed by atoms with E-state index in [2.05, 4.69) is 31.9 Å². The number of benzene rings is 2. The topological polar surface area (TPSA) is 78.9 Å². The van der Waals surface area contributed by atoms with Gasteiger partial charge in [0.05, 0.1) is 6.61 Å². The Labute approximate surface area is 199 Å². The molecule has 1 atom stereocenters. The Balaban J connectivity index is 1.92. The van der Waals surface area contributed by atoms with Gasteiger partial charge >= 0.3 is 17.9 Å². The number of rotatable bonds is 8. The van der Waals surface area contributed by atoms with Crippen LogP contribution in [0.15, 0.2) is 72.9 Å². The maximum Gasteiger partial charge on any atom is 0.338 e. The Morgan fingerprint density at radius 3 is 1.97 bits per heavy atom. The molecule has 0 amide bonds. The number of esters is 3. The summed E-state index contributed by atoms with van der Waals surface area (Å²) in [5.41, 5.74) is 4.79. The van der Waals surface area contributed by atoms with Crippen molar-refractivity contribution in [3.05, 3.63) is 84.0 Å². The molecule has 0 bridgehead atoms. The summed E-state index contributed by atoms with van der Waals surface area (Å²) in [4.78, 5) is 36.0. The Morgan fingerprint density at radius 1 is 0.794 bits per heavy atom. The van der Waals surface area contributed by atoms with Crippen molar-refractivity contribution in [1.29, 1.82) is 0 Å². The molecule has 2 aromatic carbocycles. The van der Waals surface area contributed by atoms with Gasteiger partial charge in [0, 0.05) is 22.6 Å². The first-order valence-corrected chi connectivity index (χ1v) is 10.9. The molecule has 0 radical (unpaired) electrons. The molecule has 0 N–H and O–H groups in total. The fourth-order valence-electron chi connectivity index (χ4n) is 3.57. The number of hydrogen-bond donors (Lipinski definition) is 0. The molecule has 2 aromatic rings. The van der Waals surface area contributed by atoms with Crippen LogP contribution in [-0.4, -0.2) is 24.5 Å². The number of fused-ring (bicyclic) bond motifs is 1. The smallest absolute Gasteiger partial charge is 0.338 e. The molecular formula is C28H28O6. The van der Waals surface area contributed by atoms with E-state index in [0.717, 1.165) is 29.5 Å². The zero-order valence-corrected chi connectivity index (χ0v) is 19.7. The first-order chi connectivity index (χ1) is 16.1. The molecule has 6 heteroatoms. The van der Waals surface area contributed by atoms with Crippen molar-refractivity contribution in [2.75, 3.05) is 6.61 Å². The normalized spacial score (nSPS) is 14.0. The van der Waals surface area contributed by atoms with Crippen molar-refractivity contribution < 1.29 is 28.6 Å². The number of carbonyl (C=O) groups excluding carboxylic acids is 3. The van der Waals surface area contributed by atoms with E-state index < -0.39 is 17.9 Å². The molecule has 0 spiro atoms. The molecule has 0 saturated heterocycles. The van der Waals surface area contributed by atoms with Gasteiger partial charge in [0.1, 0.15) is 0 Å². The molecule has 3 rings (SSSR count). The lowest BCUT2D eigenvalue weighted by Gasteiger charge is -2.15. The van der Waals surface area contributed by atoms with Crippen LogP contribution in [0, 0.1) is 0 Å². The van der Waals surface area contributed by atoms with Crippen molar-refractivity contribution in [2.24, 2.45) is 0 Å². The van der Waals surface area contributed by atoms with Crippen molar-refractivity contribution >= 4 is 17.9 Å². The third-order valence-electron chi connectivity index (χ3n) is 5.49. The minimum Gasteiger partial charge on any atom is -0.462 e. The number of hydrogen-bond acceptors (Lipinski definition) is 6. The minimum absolute atomic E-state index is 0.0924. The van der Waals surface area contributed by atoms with Crippen LogP contribution in [0.5, 0.6) is 11.5 Å². The Kier molecular flexibility index (Phi) is 7.51. The summed E-state index contributed by atoms with van der Waals surface area (Å²) in [7, 11) is 0. The molecule has 0 aromatic heterocycles. The van der Waals surface area contributed by atoms with Crippen molar-refractivity contribution in [3.8, 4) is 22.6 Å². The van der Waals surface area contributed by atoms with Gasteiger partial charge in [0.15, 0.2) is 11.5 Å². The molecule has 6 nitrogen and oxygen atoms in total. The van der Waals surface area contributed by atoms with Crippen LogP contribution in [0.2, 0.25) is 0 Å². The fourth-order valence-corrected chi connectivity index (χ4v) is 3.57. The molecule has 0 saturated carbocycles. The lowest BCUT2D eigenvalue weighted by atomic mass is 9.96. The third kappa shape index (κ3) is 5.70. The van der Waals surface area contributed by atoms with E-state index in [4.69, 9.17) is 14.2 Å². The van der Waals surface area contributed by atoms with Gasteiger partial charge in [-0.1, -0.05) is 44.0 Å². The summed E-state index contributed by atoms with van der Waals surface area (Å²) >= 11 is 0. The second-order valence-electron chi connectivity index (χ2n) is 8.53. The molecule has 0 fully saturated rings. The standard InChI is InChI=1S/C28H28O6/c1-16(2)26(29)32-15-22-10-8-19-7-9-20(13-23(19)22)21-11-12-24(33-27(30)17(3)4)25(14-21)34-28(31)18(5)6/h7,9,11-14,22H,1,3,5,8,10,15H2,2,4,6H3. The lowest BCUT2D eigenvalue weighted by molar-refractivity contribution is -0.139. The summed E-state index contributed by atoms with van der Waals surface area (Å²) in [6.07, 6.45) is 1.79. The highest BCUT2D eigenvalue weighted by Gasteiger charge is 2.25. The van der Waals surface area contributed by atoms with Crippen LogP contribution < -0.4 is 9.47 Å². The third-order valence-corrected chi connectivity index (χ3v) is 5.49. The number of ether oxygens (including phenoxy) is 3. The van der Waals surface area contributed by atoms with E-state index in [0.29, 0.717) is 12.2 Å². The molecule has 1 aliphatic rings. The average molecular weight is 461 g/mol. The van der Waals surface area contributed by atoms with E-state index >= 15 is 0 Å². The van der Waals surface area contributed by atoms with Crippen LogP contribution in [0.3, 0.4) is 0 Å². The predicted molar refractivity (Wildman–Crippen MR) is 130 cm³/mol. The summed E-state index contributed by atoms with van der Waals surface area (Å²) in [6, 6.07) is 11.1. The lowest BCUT2D eigenvalue weighted by Crippen LogP contribution is -2.13. The number of carbonyl (C=O) groups is 3. The van der Waals surface area contributed by atoms with Crippen LogP contribution in [0.4, 0.5) is 0 Å². The molecule has 176 valence electrons. The van der Waals surface area contributed by atoms with Crippen molar-refractivity contribution in [3.63, 3.8) is 0 Å². The molecule has 1 aliphatic carbocycles. The van der Waals surface area contributed by atoms with Crippen molar-refractivity contribution in [2.45, 2.75) is 39.5 Å². The molecule has 34 heavy (non-hydrogen) atoms. The Bertz CT molecular complexity index is 1200. The summed E-state index contributed by atoms with van der Waals surface area (Å²) in [5.74, 6) is -1.34. The molecule has 0 heterocycles. The highest BCUT2D eigenvalue weighted by molar-refractivity contribution is 5.91. The second kappa shape index (κ2) is 10.3. The van der Waals surface area contributed by atoms with Gasteiger partial charge in [-0.2, -0.15) is 0 Å². The van der Waals surface area contributed by atoms with Gasteiger partial charge in [0.2, 0.25) is 0 Å². The van der Waals surface area contributed by atoms with Gasteiger partial charge < -0.3 is 14.2 Å². The van der Waals surface area contributed by atoms with E-state index in [1.807, 2.05) is 6.07 Å². The van der Waals surface area contributed by atoms with E-state index in [1.54, 1.807) is 25.1 Å². The monoisotopic (exact) mass is 460 g/mol. The largest absolute Gasteiger partial charge is 0.462 e. The van der Waals surface area contributed by atoms with Gasteiger partial charge in [-0.15, -0.1) is 0 Å². The van der Waals surface area contributed by atoms with E-state index in [1.165, 1.54) is 19.4 Å². The quantitative estimate of drug-likeness (QED) is 0.295. The first-order valence-electron chi connectivity index (χ1n) is 10.9. The molecule has 1 unspecified atom stereocenters. The maximum atomic E-state index is 12.2. The maximum absolute atomic E-state index is 12.2. The zero-order chi connectivity index (χ0) is 25.0. The summed E-state index contributed by atoms with van der Waals surface area (Å²) < 4.78 is 16.2. The first kappa shape index (κ1) is 24.7. The van der Waals surface area contributed by atoms with Crippen LogP contribution in [0.25, 0.3) is 11.1 Å². The highest BCUT2D eigenvalue weighted by atomic mass is 16.6. The summed E-state index contributed by atoms with van der Waals surface area (Å²) in [5, 5.41) is 0. The van der Waals surface area contributed by atoms with E-state index in [-0.39, 0.29) is 28.6 Å². The second-order valence-corrected chi connectivity index (χ2v) is 8.53. The highest BCUT2D eigenvalue weighted by Crippen LogP contribution is 2.38. The van der Waals surface area contributed by atoms with Gasteiger partial charge in [-0.3, -0.25) is 0 Å². The molecular weight excluding hydrogens is 432 g/mol. The summed E-state index contributed by atoms with van der Waals surface area (Å²) in [6.45, 7) is 15.8. The number of aryl methyl sites for hydroxylation is 1. The minimum atomic E-state index is -0.627. The molecule has 0 aliphatic heterocycles. The Hall–Kier alpha value is -3.93. The average Bonchev–Trinajstić information content (AvgIpc) is 3.20. The Morgan fingerprint density at radius 2 is 1.35 bits per heavy atom. The van der Waals surface area contributed by atoms with Gasteiger partial charge in [-0.25, -0.2) is 14.4 Å². The van der Waals surface area contributed by atoms with Crippen LogP contribution >= 0.6 is 0 Å². The van der Waals surface area contributed by atoms with E-state index in [9.17, 15) is 14.4 Å². The van der Waals surface area contributed by atoms with Crippen LogP contribution in [-0.2, 0) is 25.5 Å². The SMILES string of the molecule is C=C(C)C(=O)OCC1CCc2ccc(-c3ccc(OC(=O)C(=C)C)c(OC(=O)C(=C)C)c3)cc21. The predicted octanol–water partition coefficient (Wildman–Crippen LogP) is 5.47. The fraction of sp³-hybridized carbons (Fsp3) is 0.250. The van der Waals surface area contributed by atoms with Gasteiger partial charge in [-0.05, 0) is 68.0 Å². The zero-order valence-electron chi connectivity index (χ0n) is 19.7. The van der Waals surface area contributed by atoms with Crippen LogP contribution in [0.1, 0.15) is 44.2 Å². The van der Waals surface area contributed by atoms with Gasteiger partial charge in [0.25, 0.3) is 0 Å². The van der Waals surface area contributed by atoms with Crippen molar-refractivity contribution in [1.82, 2.24) is 0 Å².